The fraction of sp³-hybridized carbons (Fsp3) is 0.542. The monoisotopic (exact) mass is 380 g/mol. The van der Waals surface area contributed by atoms with Crippen molar-refractivity contribution in [3.8, 4) is 5.75 Å². The number of benzene rings is 1. The largest absolute Gasteiger partial charge is 0.506 e. The van der Waals surface area contributed by atoms with E-state index in [2.05, 4.69) is 48.9 Å². The standard InChI is InChI=1S/C24H32N2O2/c1-16-6-17(2)8-19(7-16)9-24(28)10-20-14-26(15-21(20)11-24)13-18(3)23-5-4-22(27)12-25-23/h4-8,12,18,20-21,27-28H,9-11,13-15H2,1-3H3/t18?,20-,21+,24?. The molecule has 1 saturated carbocycles. The zero-order valence-corrected chi connectivity index (χ0v) is 17.2. The Labute approximate surface area is 168 Å². The fourth-order valence-electron chi connectivity index (χ4n) is 5.57. The Morgan fingerprint density at radius 2 is 1.75 bits per heavy atom. The lowest BCUT2D eigenvalue weighted by Gasteiger charge is -2.27. The summed E-state index contributed by atoms with van der Waals surface area (Å²) in [6.45, 7) is 9.59. The highest BCUT2D eigenvalue weighted by Crippen LogP contribution is 2.45. The fourth-order valence-corrected chi connectivity index (χ4v) is 5.57. The van der Waals surface area contributed by atoms with Crippen molar-refractivity contribution in [2.24, 2.45) is 11.8 Å². The molecule has 150 valence electrons. The van der Waals surface area contributed by atoms with Gasteiger partial charge in [0.2, 0.25) is 0 Å². The Hall–Kier alpha value is -1.91. The van der Waals surface area contributed by atoms with Gasteiger partial charge in [0.05, 0.1) is 11.8 Å². The highest BCUT2D eigenvalue weighted by atomic mass is 16.3. The Bertz CT molecular complexity index is 799. The average Bonchev–Trinajstić information content (AvgIpc) is 3.08. The van der Waals surface area contributed by atoms with Crippen molar-refractivity contribution in [3.63, 3.8) is 0 Å². The number of aliphatic hydroxyl groups is 1. The second-order valence-electron chi connectivity index (χ2n) is 9.39. The number of nitrogens with zero attached hydrogens (tertiary/aromatic N) is 2. The minimum Gasteiger partial charge on any atom is -0.506 e. The first-order chi connectivity index (χ1) is 13.3. The molecule has 2 N–H and O–H groups in total. The van der Waals surface area contributed by atoms with Gasteiger partial charge in [-0.3, -0.25) is 4.98 Å². The number of aromatic nitrogens is 1. The average molecular weight is 381 g/mol. The van der Waals surface area contributed by atoms with Crippen molar-refractivity contribution in [2.75, 3.05) is 19.6 Å². The zero-order valence-electron chi connectivity index (χ0n) is 17.2. The minimum atomic E-state index is -0.550. The van der Waals surface area contributed by atoms with E-state index in [0.717, 1.165) is 44.6 Å². The summed E-state index contributed by atoms with van der Waals surface area (Å²) >= 11 is 0. The molecule has 2 aromatic rings. The third-order valence-electron chi connectivity index (χ3n) is 6.56. The molecule has 1 aromatic carbocycles. The SMILES string of the molecule is Cc1cc(C)cc(CC2(O)C[C@H]3CN(CC(C)c4ccc(O)cn4)C[C@H]3C2)c1. The van der Waals surface area contributed by atoms with Crippen molar-refractivity contribution in [2.45, 2.75) is 51.6 Å². The maximum atomic E-state index is 11.3. The van der Waals surface area contributed by atoms with Gasteiger partial charge >= 0.3 is 0 Å². The van der Waals surface area contributed by atoms with Crippen molar-refractivity contribution in [1.29, 1.82) is 0 Å². The highest BCUT2D eigenvalue weighted by molar-refractivity contribution is 5.30. The first-order valence-corrected chi connectivity index (χ1v) is 10.5. The number of likely N-dealkylation sites (tertiary alicyclic amines) is 1. The summed E-state index contributed by atoms with van der Waals surface area (Å²) in [5.41, 5.74) is 4.30. The second-order valence-corrected chi connectivity index (χ2v) is 9.39. The summed E-state index contributed by atoms with van der Waals surface area (Å²) in [6.07, 6.45) is 4.12. The lowest BCUT2D eigenvalue weighted by atomic mass is 9.90. The lowest BCUT2D eigenvalue weighted by molar-refractivity contribution is 0.0353. The van der Waals surface area contributed by atoms with E-state index in [0.29, 0.717) is 17.8 Å². The minimum absolute atomic E-state index is 0.217. The molecule has 1 aromatic heterocycles. The Kier molecular flexibility index (Phi) is 5.19. The number of fused-ring (bicyclic) bond motifs is 1. The molecule has 2 fully saturated rings. The van der Waals surface area contributed by atoms with Gasteiger partial charge in [-0.05, 0) is 56.2 Å². The number of rotatable bonds is 5. The molecule has 2 unspecified atom stereocenters. The van der Waals surface area contributed by atoms with Crippen LogP contribution in [0.3, 0.4) is 0 Å². The van der Waals surface area contributed by atoms with Gasteiger partial charge in [-0.15, -0.1) is 0 Å². The lowest BCUT2D eigenvalue weighted by Crippen LogP contribution is -2.33. The molecule has 0 bridgehead atoms. The van der Waals surface area contributed by atoms with E-state index in [9.17, 15) is 10.2 Å². The summed E-state index contributed by atoms with van der Waals surface area (Å²) in [4.78, 5) is 6.89. The van der Waals surface area contributed by atoms with E-state index >= 15 is 0 Å². The number of aromatic hydroxyl groups is 1. The number of pyridine rings is 1. The van der Waals surface area contributed by atoms with Gasteiger partial charge in [-0.25, -0.2) is 0 Å². The summed E-state index contributed by atoms with van der Waals surface area (Å²) < 4.78 is 0. The topological polar surface area (TPSA) is 56.6 Å². The Balaban J connectivity index is 1.34. The van der Waals surface area contributed by atoms with E-state index < -0.39 is 5.60 Å². The molecule has 4 atom stereocenters. The van der Waals surface area contributed by atoms with Crippen LogP contribution in [0.5, 0.6) is 5.75 Å². The molecule has 4 nitrogen and oxygen atoms in total. The van der Waals surface area contributed by atoms with Crippen molar-refractivity contribution >= 4 is 0 Å². The molecule has 0 amide bonds. The van der Waals surface area contributed by atoms with Crippen LogP contribution < -0.4 is 0 Å². The second kappa shape index (κ2) is 7.49. The molecule has 0 radical (unpaired) electrons. The summed E-state index contributed by atoms with van der Waals surface area (Å²) in [6, 6.07) is 10.3. The van der Waals surface area contributed by atoms with Crippen molar-refractivity contribution < 1.29 is 10.2 Å². The van der Waals surface area contributed by atoms with Gasteiger partial charge in [0, 0.05) is 37.7 Å². The van der Waals surface area contributed by atoms with E-state index in [-0.39, 0.29) is 5.75 Å². The molecule has 1 aliphatic carbocycles. The van der Waals surface area contributed by atoms with Gasteiger partial charge in [0.15, 0.2) is 0 Å². The molecule has 2 aliphatic rings. The number of hydrogen-bond acceptors (Lipinski definition) is 4. The van der Waals surface area contributed by atoms with Crippen LogP contribution in [0, 0.1) is 25.7 Å². The van der Waals surface area contributed by atoms with Crippen molar-refractivity contribution in [1.82, 2.24) is 9.88 Å². The third kappa shape index (κ3) is 4.23. The summed E-state index contributed by atoms with van der Waals surface area (Å²) in [5, 5.41) is 20.7. The molecule has 4 heteroatoms. The van der Waals surface area contributed by atoms with Crippen LogP contribution in [-0.4, -0.2) is 45.3 Å². The predicted molar refractivity (Wildman–Crippen MR) is 112 cm³/mol. The van der Waals surface area contributed by atoms with Crippen LogP contribution in [0.1, 0.15) is 48.1 Å². The van der Waals surface area contributed by atoms with Crippen LogP contribution in [-0.2, 0) is 6.42 Å². The molecule has 1 aliphatic heterocycles. The summed E-state index contributed by atoms with van der Waals surface area (Å²) in [7, 11) is 0. The highest BCUT2D eigenvalue weighted by Gasteiger charge is 2.48. The Morgan fingerprint density at radius 3 is 2.32 bits per heavy atom. The first kappa shape index (κ1) is 19.4. The molecule has 0 spiro atoms. The van der Waals surface area contributed by atoms with Gasteiger partial charge in [0.1, 0.15) is 5.75 Å². The first-order valence-electron chi connectivity index (χ1n) is 10.5. The molecule has 1 saturated heterocycles. The van der Waals surface area contributed by atoms with Crippen LogP contribution in [0.25, 0.3) is 0 Å². The molecular formula is C24H32N2O2. The number of aryl methyl sites for hydroxylation is 2. The van der Waals surface area contributed by atoms with Crippen LogP contribution in [0.4, 0.5) is 0 Å². The van der Waals surface area contributed by atoms with Gasteiger partial charge in [0.25, 0.3) is 0 Å². The maximum absolute atomic E-state index is 11.3. The van der Waals surface area contributed by atoms with E-state index in [1.54, 1.807) is 6.07 Å². The summed E-state index contributed by atoms with van der Waals surface area (Å²) in [5.74, 6) is 1.75. The normalized spacial score (nSPS) is 28.4. The molecule has 4 rings (SSSR count). The van der Waals surface area contributed by atoms with Gasteiger partial charge in [-0.2, -0.15) is 0 Å². The molecule has 2 heterocycles. The van der Waals surface area contributed by atoms with Crippen LogP contribution in [0.15, 0.2) is 36.5 Å². The van der Waals surface area contributed by atoms with Crippen molar-refractivity contribution in [3.05, 3.63) is 58.9 Å². The Morgan fingerprint density at radius 1 is 1.11 bits per heavy atom. The van der Waals surface area contributed by atoms with Crippen LogP contribution >= 0.6 is 0 Å². The zero-order chi connectivity index (χ0) is 19.9. The van der Waals surface area contributed by atoms with E-state index in [4.69, 9.17) is 0 Å². The van der Waals surface area contributed by atoms with Gasteiger partial charge < -0.3 is 15.1 Å². The molecular weight excluding hydrogens is 348 g/mol. The predicted octanol–water partition coefficient (Wildman–Crippen LogP) is 3.82. The van der Waals surface area contributed by atoms with E-state index in [1.807, 2.05) is 6.07 Å². The quantitative estimate of drug-likeness (QED) is 0.828. The van der Waals surface area contributed by atoms with Crippen LogP contribution in [0.2, 0.25) is 0 Å². The third-order valence-corrected chi connectivity index (χ3v) is 6.56. The maximum Gasteiger partial charge on any atom is 0.133 e. The smallest absolute Gasteiger partial charge is 0.133 e. The van der Waals surface area contributed by atoms with E-state index in [1.165, 1.54) is 22.9 Å². The van der Waals surface area contributed by atoms with Gasteiger partial charge in [-0.1, -0.05) is 36.2 Å². The number of hydrogen-bond donors (Lipinski definition) is 2. The molecule has 28 heavy (non-hydrogen) atoms.